The summed E-state index contributed by atoms with van der Waals surface area (Å²) in [5.74, 6) is 0.819. The second-order valence-corrected chi connectivity index (χ2v) is 6.69. The van der Waals surface area contributed by atoms with Crippen molar-refractivity contribution < 1.29 is 9.47 Å². The molecule has 0 N–H and O–H groups in total. The number of hydrogen-bond donors (Lipinski definition) is 0. The van der Waals surface area contributed by atoms with Gasteiger partial charge in [-0.25, -0.2) is 4.98 Å². The van der Waals surface area contributed by atoms with Gasteiger partial charge >= 0.3 is 0 Å². The molecule has 5 nitrogen and oxygen atoms in total. The van der Waals surface area contributed by atoms with Crippen molar-refractivity contribution in [2.24, 2.45) is 7.05 Å². The van der Waals surface area contributed by atoms with Gasteiger partial charge in [0, 0.05) is 30.3 Å². The summed E-state index contributed by atoms with van der Waals surface area (Å²) in [6.45, 7) is 5.59. The fourth-order valence-electron chi connectivity index (χ4n) is 3.35. The highest BCUT2D eigenvalue weighted by Crippen LogP contribution is 2.31. The molecule has 1 aliphatic rings. The first kappa shape index (κ1) is 16.1. The molecule has 3 aromatic rings. The molecule has 1 aliphatic heterocycles. The third-order valence-electron chi connectivity index (χ3n) is 4.97. The maximum atomic E-state index is 6.08. The normalized spacial score (nSPS) is 17.3. The second-order valence-electron chi connectivity index (χ2n) is 6.69. The Balaban J connectivity index is 1.74. The first-order valence-electron chi connectivity index (χ1n) is 8.77. The van der Waals surface area contributed by atoms with E-state index in [1.54, 1.807) is 0 Å². The molecule has 0 radical (unpaired) electrons. The lowest BCUT2D eigenvalue weighted by Gasteiger charge is -2.14. The highest BCUT2D eigenvalue weighted by molar-refractivity contribution is 5.89. The molecule has 1 aromatic carbocycles. The Morgan fingerprint density at radius 1 is 1.32 bits per heavy atom. The molecule has 1 unspecified atom stereocenters. The zero-order chi connectivity index (χ0) is 17.4. The smallest absolute Gasteiger partial charge is 0.145 e. The SMILES string of the molecule is Cc1cc(-c2cnn(C)c2C)nc2c(OCC3CCCO3)cccc12. The predicted octanol–water partition coefficient (Wildman–Crippen LogP) is 3.81. The van der Waals surface area contributed by atoms with Gasteiger partial charge in [0.05, 0.1) is 18.0 Å². The summed E-state index contributed by atoms with van der Waals surface area (Å²) in [7, 11) is 1.95. The van der Waals surface area contributed by atoms with Crippen molar-refractivity contribution >= 4 is 10.9 Å². The molecule has 0 saturated carbocycles. The number of pyridine rings is 1. The van der Waals surface area contributed by atoms with Crippen LogP contribution in [-0.4, -0.2) is 34.1 Å². The molecule has 0 spiro atoms. The van der Waals surface area contributed by atoms with Crippen molar-refractivity contribution in [1.82, 2.24) is 14.8 Å². The Morgan fingerprint density at radius 2 is 2.20 bits per heavy atom. The van der Waals surface area contributed by atoms with E-state index in [-0.39, 0.29) is 6.10 Å². The topological polar surface area (TPSA) is 49.2 Å². The molecule has 0 aliphatic carbocycles. The lowest BCUT2D eigenvalue weighted by atomic mass is 10.1. The van der Waals surface area contributed by atoms with Crippen molar-refractivity contribution in [2.45, 2.75) is 32.8 Å². The summed E-state index contributed by atoms with van der Waals surface area (Å²) < 4.78 is 13.6. The number of hydrogen-bond acceptors (Lipinski definition) is 4. The zero-order valence-electron chi connectivity index (χ0n) is 15.0. The fraction of sp³-hybridized carbons (Fsp3) is 0.400. The molecule has 130 valence electrons. The lowest BCUT2D eigenvalue weighted by Crippen LogP contribution is -2.16. The molecule has 0 amide bonds. The quantitative estimate of drug-likeness (QED) is 0.726. The molecule has 2 aromatic heterocycles. The van der Waals surface area contributed by atoms with Crippen molar-refractivity contribution in [3.63, 3.8) is 0 Å². The van der Waals surface area contributed by atoms with Crippen LogP contribution < -0.4 is 4.74 Å². The van der Waals surface area contributed by atoms with E-state index >= 15 is 0 Å². The standard InChI is InChI=1S/C20H23N3O2/c1-13-10-18(17-11-21-23(3)14(17)2)22-20-16(13)7-4-8-19(20)25-12-15-6-5-9-24-15/h4,7-8,10-11,15H,5-6,9,12H2,1-3H3. The van der Waals surface area contributed by atoms with Crippen molar-refractivity contribution in [1.29, 1.82) is 0 Å². The van der Waals surface area contributed by atoms with E-state index in [0.29, 0.717) is 6.61 Å². The third-order valence-corrected chi connectivity index (χ3v) is 4.97. The molecular weight excluding hydrogens is 314 g/mol. The number of para-hydroxylation sites is 1. The Hall–Kier alpha value is -2.40. The summed E-state index contributed by atoms with van der Waals surface area (Å²) in [5.41, 5.74) is 5.18. The van der Waals surface area contributed by atoms with Crippen LogP contribution in [0.25, 0.3) is 22.2 Å². The lowest BCUT2D eigenvalue weighted by molar-refractivity contribution is 0.0684. The summed E-state index contributed by atoms with van der Waals surface area (Å²) in [5, 5.41) is 5.46. The first-order valence-corrected chi connectivity index (χ1v) is 8.77. The van der Waals surface area contributed by atoms with Crippen molar-refractivity contribution in [3.8, 4) is 17.0 Å². The van der Waals surface area contributed by atoms with Crippen LogP contribution >= 0.6 is 0 Å². The van der Waals surface area contributed by atoms with Crippen LogP contribution in [0.2, 0.25) is 0 Å². The molecule has 1 fully saturated rings. The van der Waals surface area contributed by atoms with Crippen LogP contribution in [0.4, 0.5) is 0 Å². The average Bonchev–Trinajstić information content (AvgIpc) is 3.24. The van der Waals surface area contributed by atoms with E-state index in [2.05, 4.69) is 31.1 Å². The maximum absolute atomic E-state index is 6.08. The van der Waals surface area contributed by atoms with E-state index in [4.69, 9.17) is 14.5 Å². The van der Waals surface area contributed by atoms with Crippen molar-refractivity contribution in [3.05, 3.63) is 41.7 Å². The highest BCUT2D eigenvalue weighted by Gasteiger charge is 2.18. The maximum Gasteiger partial charge on any atom is 0.145 e. The number of ether oxygens (including phenoxy) is 2. The van der Waals surface area contributed by atoms with Crippen LogP contribution in [0.1, 0.15) is 24.1 Å². The number of fused-ring (bicyclic) bond motifs is 1. The van der Waals surface area contributed by atoms with Crippen LogP contribution in [0.15, 0.2) is 30.5 Å². The molecule has 1 saturated heterocycles. The van der Waals surface area contributed by atoms with Gasteiger partial charge < -0.3 is 9.47 Å². The second kappa shape index (κ2) is 6.48. The number of rotatable bonds is 4. The minimum absolute atomic E-state index is 0.195. The Bertz CT molecular complexity index is 911. The summed E-state index contributed by atoms with van der Waals surface area (Å²) in [4.78, 5) is 4.91. The molecule has 5 heteroatoms. The molecule has 4 rings (SSSR count). The van der Waals surface area contributed by atoms with E-state index in [9.17, 15) is 0 Å². The van der Waals surface area contributed by atoms with Crippen LogP contribution in [-0.2, 0) is 11.8 Å². The molecule has 25 heavy (non-hydrogen) atoms. The number of benzene rings is 1. The monoisotopic (exact) mass is 337 g/mol. The number of aryl methyl sites for hydroxylation is 2. The van der Waals surface area contributed by atoms with Crippen LogP contribution in [0.5, 0.6) is 5.75 Å². The van der Waals surface area contributed by atoms with Gasteiger partial charge in [0.25, 0.3) is 0 Å². The number of aromatic nitrogens is 3. The molecule has 1 atom stereocenters. The summed E-state index contributed by atoms with van der Waals surface area (Å²) >= 11 is 0. The average molecular weight is 337 g/mol. The van der Waals surface area contributed by atoms with Gasteiger partial charge in [-0.05, 0) is 44.4 Å². The van der Waals surface area contributed by atoms with E-state index in [0.717, 1.165) is 53.1 Å². The largest absolute Gasteiger partial charge is 0.489 e. The van der Waals surface area contributed by atoms with Gasteiger partial charge in [-0.15, -0.1) is 0 Å². The molecule has 3 heterocycles. The Morgan fingerprint density at radius 3 is 2.92 bits per heavy atom. The van der Waals surface area contributed by atoms with Crippen molar-refractivity contribution in [2.75, 3.05) is 13.2 Å². The molecule has 0 bridgehead atoms. The predicted molar refractivity (Wildman–Crippen MR) is 97.9 cm³/mol. The van der Waals surface area contributed by atoms with E-state index in [1.165, 1.54) is 5.56 Å². The fourth-order valence-corrected chi connectivity index (χ4v) is 3.35. The highest BCUT2D eigenvalue weighted by atomic mass is 16.5. The Labute approximate surface area is 147 Å². The Kier molecular flexibility index (Phi) is 4.17. The third kappa shape index (κ3) is 3.00. The van der Waals surface area contributed by atoms with Gasteiger partial charge in [-0.3, -0.25) is 4.68 Å². The zero-order valence-corrected chi connectivity index (χ0v) is 15.0. The van der Waals surface area contributed by atoms with Crippen LogP contribution in [0, 0.1) is 13.8 Å². The van der Waals surface area contributed by atoms with E-state index in [1.807, 2.05) is 30.1 Å². The van der Waals surface area contributed by atoms with Gasteiger partial charge in [0.2, 0.25) is 0 Å². The minimum Gasteiger partial charge on any atom is -0.489 e. The summed E-state index contributed by atoms with van der Waals surface area (Å²) in [6, 6.07) is 8.23. The van der Waals surface area contributed by atoms with Crippen LogP contribution in [0.3, 0.4) is 0 Å². The first-order chi connectivity index (χ1) is 12.1. The van der Waals surface area contributed by atoms with Gasteiger partial charge in [0.1, 0.15) is 17.9 Å². The van der Waals surface area contributed by atoms with Gasteiger partial charge in [-0.1, -0.05) is 12.1 Å². The minimum atomic E-state index is 0.195. The van der Waals surface area contributed by atoms with Gasteiger partial charge in [0.15, 0.2) is 0 Å². The number of nitrogens with zero attached hydrogens (tertiary/aromatic N) is 3. The molecular formula is C20H23N3O2. The van der Waals surface area contributed by atoms with E-state index < -0.39 is 0 Å². The summed E-state index contributed by atoms with van der Waals surface area (Å²) in [6.07, 6.45) is 4.25. The van der Waals surface area contributed by atoms with Gasteiger partial charge in [-0.2, -0.15) is 5.10 Å².